The Morgan fingerprint density at radius 2 is 1.95 bits per heavy atom. The lowest BCUT2D eigenvalue weighted by Gasteiger charge is -2.21. The highest BCUT2D eigenvalue weighted by Crippen LogP contribution is 2.23. The largest absolute Gasteiger partial charge is 0.428 e. The quantitative estimate of drug-likeness (QED) is 0.938. The Bertz CT molecular complexity index is 645. The first kappa shape index (κ1) is 15.3. The summed E-state index contributed by atoms with van der Waals surface area (Å²) in [4.78, 5) is 4.08. The monoisotopic (exact) mass is 316 g/mol. The van der Waals surface area contributed by atoms with E-state index in [9.17, 15) is 8.42 Å². The van der Waals surface area contributed by atoms with Crippen molar-refractivity contribution in [2.24, 2.45) is 5.92 Å². The van der Waals surface area contributed by atoms with Crippen LogP contribution in [0.1, 0.15) is 12.8 Å². The minimum atomic E-state index is -3.43. The molecule has 110 valence electrons. The second-order valence-electron chi connectivity index (χ2n) is 4.92. The number of nitrogens with one attached hydrogen (secondary N) is 1. The first-order valence-corrected chi connectivity index (χ1v) is 8.09. The lowest BCUT2D eigenvalue weighted by Crippen LogP contribution is -2.31. The molecule has 2 heterocycles. The Kier molecular flexibility index (Phi) is 4.67. The fourth-order valence-electron chi connectivity index (χ4n) is 2.41. The van der Waals surface area contributed by atoms with E-state index in [1.54, 1.807) is 18.2 Å². The molecule has 0 bridgehead atoms. The van der Waals surface area contributed by atoms with E-state index < -0.39 is 9.84 Å². The van der Waals surface area contributed by atoms with Gasteiger partial charge in [-0.1, -0.05) is 12.1 Å². The molecule has 1 aromatic heterocycles. The molecular weight excluding hydrogens is 300 g/mol. The Hall–Kier alpha value is -1.11. The SMILES string of the molecule is Cl.O=S(=O)(CC1CCNCC1)c1nc2ccccc2o1. The summed E-state index contributed by atoms with van der Waals surface area (Å²) in [6.45, 7) is 1.77. The molecule has 1 saturated heterocycles. The van der Waals surface area contributed by atoms with Crippen LogP contribution in [-0.4, -0.2) is 32.2 Å². The normalized spacial score (nSPS) is 17.0. The van der Waals surface area contributed by atoms with Crippen LogP contribution < -0.4 is 5.32 Å². The van der Waals surface area contributed by atoms with Crippen LogP contribution in [0.3, 0.4) is 0 Å². The number of aromatic nitrogens is 1. The molecule has 1 fully saturated rings. The van der Waals surface area contributed by atoms with Gasteiger partial charge in [-0.05, 0) is 44.0 Å². The number of piperidine rings is 1. The van der Waals surface area contributed by atoms with E-state index in [2.05, 4.69) is 10.3 Å². The number of rotatable bonds is 3. The lowest BCUT2D eigenvalue weighted by atomic mass is 10.0. The van der Waals surface area contributed by atoms with Crippen molar-refractivity contribution in [3.05, 3.63) is 24.3 Å². The molecule has 20 heavy (non-hydrogen) atoms. The number of para-hydroxylation sites is 2. The molecule has 0 aliphatic carbocycles. The summed E-state index contributed by atoms with van der Waals surface area (Å²) >= 11 is 0. The van der Waals surface area contributed by atoms with Crippen LogP contribution in [-0.2, 0) is 9.84 Å². The fourth-order valence-corrected chi connectivity index (χ4v) is 3.96. The zero-order chi connectivity index (χ0) is 13.3. The molecule has 0 unspecified atom stereocenters. The summed E-state index contributed by atoms with van der Waals surface area (Å²) in [6.07, 6.45) is 1.78. The predicted molar refractivity (Wildman–Crippen MR) is 78.9 cm³/mol. The molecule has 3 rings (SSSR count). The van der Waals surface area contributed by atoms with Gasteiger partial charge in [-0.3, -0.25) is 0 Å². The van der Waals surface area contributed by atoms with E-state index in [1.807, 2.05) is 6.07 Å². The standard InChI is InChI=1S/C13H16N2O3S.ClH/c16-19(17,9-10-5-7-14-8-6-10)13-15-11-3-1-2-4-12(11)18-13;/h1-4,10,14H,5-9H2;1H. The van der Waals surface area contributed by atoms with E-state index >= 15 is 0 Å². The maximum Gasteiger partial charge on any atom is 0.316 e. The Balaban J connectivity index is 0.00000147. The Morgan fingerprint density at radius 1 is 1.25 bits per heavy atom. The van der Waals surface area contributed by atoms with Crippen molar-refractivity contribution in [1.29, 1.82) is 0 Å². The topological polar surface area (TPSA) is 72.2 Å². The zero-order valence-electron chi connectivity index (χ0n) is 10.9. The third-order valence-corrected chi connectivity index (χ3v) is 5.07. The molecule has 1 N–H and O–H groups in total. The van der Waals surface area contributed by atoms with Gasteiger partial charge >= 0.3 is 5.22 Å². The molecule has 1 aromatic carbocycles. The Labute approximate surface area is 124 Å². The van der Waals surface area contributed by atoms with Gasteiger partial charge in [-0.2, -0.15) is 4.98 Å². The Morgan fingerprint density at radius 3 is 2.65 bits per heavy atom. The van der Waals surface area contributed by atoms with E-state index in [0.29, 0.717) is 11.1 Å². The number of halogens is 1. The van der Waals surface area contributed by atoms with Crippen LogP contribution in [0.25, 0.3) is 11.1 Å². The summed E-state index contributed by atoms with van der Waals surface area (Å²) in [7, 11) is -3.43. The highest BCUT2D eigenvalue weighted by Gasteiger charge is 2.27. The van der Waals surface area contributed by atoms with Crippen LogP contribution >= 0.6 is 12.4 Å². The summed E-state index contributed by atoms with van der Waals surface area (Å²) in [5.74, 6) is 0.322. The highest BCUT2D eigenvalue weighted by molar-refractivity contribution is 7.91. The number of sulfone groups is 1. The van der Waals surface area contributed by atoms with E-state index in [-0.39, 0.29) is 29.3 Å². The molecule has 0 amide bonds. The first-order valence-electron chi connectivity index (χ1n) is 6.44. The van der Waals surface area contributed by atoms with Crippen molar-refractivity contribution in [2.45, 2.75) is 18.1 Å². The highest BCUT2D eigenvalue weighted by atomic mass is 35.5. The van der Waals surface area contributed by atoms with E-state index in [1.165, 1.54) is 0 Å². The summed E-state index contributed by atoms with van der Waals surface area (Å²) in [6, 6.07) is 7.10. The van der Waals surface area contributed by atoms with Gasteiger partial charge in [0.25, 0.3) is 0 Å². The minimum Gasteiger partial charge on any atom is -0.428 e. The molecule has 0 saturated carbocycles. The molecule has 0 spiro atoms. The van der Waals surface area contributed by atoms with E-state index in [0.717, 1.165) is 25.9 Å². The van der Waals surface area contributed by atoms with Crippen LogP contribution in [0.4, 0.5) is 0 Å². The van der Waals surface area contributed by atoms with Crippen LogP contribution in [0.5, 0.6) is 0 Å². The zero-order valence-corrected chi connectivity index (χ0v) is 12.5. The van der Waals surface area contributed by atoms with Gasteiger partial charge < -0.3 is 9.73 Å². The van der Waals surface area contributed by atoms with Gasteiger partial charge in [0.05, 0.1) is 5.75 Å². The van der Waals surface area contributed by atoms with Crippen LogP contribution in [0, 0.1) is 5.92 Å². The summed E-state index contributed by atoms with van der Waals surface area (Å²) < 4.78 is 29.9. The molecule has 7 heteroatoms. The molecule has 5 nitrogen and oxygen atoms in total. The van der Waals surface area contributed by atoms with E-state index in [4.69, 9.17) is 4.42 Å². The smallest absolute Gasteiger partial charge is 0.316 e. The molecule has 0 radical (unpaired) electrons. The number of oxazole rings is 1. The average molecular weight is 317 g/mol. The molecule has 1 aliphatic rings. The van der Waals surface area contributed by atoms with Gasteiger partial charge in [0, 0.05) is 0 Å². The second kappa shape index (κ2) is 6.11. The number of hydrogen-bond donors (Lipinski definition) is 1. The third-order valence-electron chi connectivity index (χ3n) is 3.45. The lowest BCUT2D eigenvalue weighted by molar-refractivity contribution is 0.394. The average Bonchev–Trinajstić information content (AvgIpc) is 2.84. The number of nitrogens with zero attached hydrogens (tertiary/aromatic N) is 1. The van der Waals surface area contributed by atoms with Gasteiger partial charge in [0.2, 0.25) is 9.84 Å². The van der Waals surface area contributed by atoms with Crippen molar-refractivity contribution in [3.63, 3.8) is 0 Å². The van der Waals surface area contributed by atoms with Gasteiger partial charge in [0.1, 0.15) is 5.52 Å². The maximum absolute atomic E-state index is 12.3. The minimum absolute atomic E-state index is 0. The predicted octanol–water partition coefficient (Wildman–Crippen LogP) is 2.02. The van der Waals surface area contributed by atoms with Gasteiger partial charge in [-0.25, -0.2) is 8.42 Å². The number of fused-ring (bicyclic) bond motifs is 1. The fraction of sp³-hybridized carbons (Fsp3) is 0.462. The van der Waals surface area contributed by atoms with Crippen molar-refractivity contribution in [2.75, 3.05) is 18.8 Å². The molecule has 2 aromatic rings. The van der Waals surface area contributed by atoms with Crippen molar-refractivity contribution < 1.29 is 12.8 Å². The summed E-state index contributed by atoms with van der Waals surface area (Å²) in [5, 5.41) is 3.08. The molecule has 0 atom stereocenters. The van der Waals surface area contributed by atoms with Gasteiger partial charge in [0.15, 0.2) is 5.58 Å². The number of benzene rings is 1. The third kappa shape index (κ3) is 3.13. The van der Waals surface area contributed by atoms with Crippen LogP contribution in [0.15, 0.2) is 33.9 Å². The van der Waals surface area contributed by atoms with Crippen molar-refractivity contribution in [1.82, 2.24) is 10.3 Å². The van der Waals surface area contributed by atoms with Crippen molar-refractivity contribution in [3.8, 4) is 0 Å². The van der Waals surface area contributed by atoms with Crippen LogP contribution in [0.2, 0.25) is 0 Å². The first-order chi connectivity index (χ1) is 9.15. The second-order valence-corrected chi connectivity index (χ2v) is 6.83. The summed E-state index contributed by atoms with van der Waals surface area (Å²) in [5.41, 5.74) is 1.11. The number of hydrogen-bond acceptors (Lipinski definition) is 5. The maximum atomic E-state index is 12.3. The van der Waals surface area contributed by atoms with Gasteiger partial charge in [-0.15, -0.1) is 12.4 Å². The van der Waals surface area contributed by atoms with Crippen molar-refractivity contribution >= 4 is 33.3 Å². The molecular formula is C13H17ClN2O3S. The molecule has 1 aliphatic heterocycles.